The largest absolute Gasteiger partial charge is 0.396 e. The third-order valence-electron chi connectivity index (χ3n) is 5.38. The van der Waals surface area contributed by atoms with Gasteiger partial charge in [0.2, 0.25) is 0 Å². The second-order valence-electron chi connectivity index (χ2n) is 7.93. The molecule has 0 saturated carbocycles. The number of rotatable bonds is 9. The van der Waals surface area contributed by atoms with E-state index < -0.39 is 5.91 Å². The number of pyridine rings is 1. The Balaban J connectivity index is 0.000000433. The molecule has 0 spiro atoms. The molecule has 5 nitrogen and oxygen atoms in total. The van der Waals surface area contributed by atoms with Crippen LogP contribution in [0.15, 0.2) is 30.3 Å². The molecule has 3 N–H and O–H groups in total. The van der Waals surface area contributed by atoms with Crippen LogP contribution in [0.4, 0.5) is 4.39 Å². The topological polar surface area (TPSA) is 82.5 Å². The molecule has 2 aromatic rings. The smallest absolute Gasteiger partial charge is 0.275 e. The fraction of sp³-hybridized carbons (Fsp3) is 0.462. The average molecular weight is 445 g/mol. The summed E-state index contributed by atoms with van der Waals surface area (Å²) in [6.45, 7) is 10.0. The van der Waals surface area contributed by atoms with Gasteiger partial charge in [0.05, 0.1) is 11.4 Å². The summed E-state index contributed by atoms with van der Waals surface area (Å²) in [6.07, 6.45) is 9.65. The number of hydroxylamine groups is 1. The Bertz CT molecular complexity index is 883. The third-order valence-corrected chi connectivity index (χ3v) is 5.38. The molecule has 0 aliphatic heterocycles. The number of carbonyl (C=O) groups is 1. The summed E-state index contributed by atoms with van der Waals surface area (Å²) in [5, 5.41) is 17.6. The van der Waals surface area contributed by atoms with E-state index >= 15 is 0 Å². The molecule has 0 bridgehead atoms. The summed E-state index contributed by atoms with van der Waals surface area (Å²) < 4.78 is 13.8. The van der Waals surface area contributed by atoms with Gasteiger partial charge in [-0.1, -0.05) is 57.7 Å². The third kappa shape index (κ3) is 8.17. The van der Waals surface area contributed by atoms with Crippen LogP contribution in [0.2, 0.25) is 0 Å². The first kappa shape index (κ1) is 27.5. The molecule has 0 aliphatic carbocycles. The van der Waals surface area contributed by atoms with Crippen molar-refractivity contribution < 1.29 is 19.5 Å². The lowest BCUT2D eigenvalue weighted by Crippen LogP contribution is -2.20. The van der Waals surface area contributed by atoms with Crippen LogP contribution in [0.25, 0.3) is 17.3 Å². The van der Waals surface area contributed by atoms with E-state index in [4.69, 9.17) is 10.3 Å². The molecule has 0 unspecified atom stereocenters. The van der Waals surface area contributed by atoms with E-state index in [1.165, 1.54) is 37.8 Å². The van der Waals surface area contributed by atoms with Gasteiger partial charge in [-0.2, -0.15) is 0 Å². The minimum atomic E-state index is -0.625. The Kier molecular flexibility index (Phi) is 12.4. The molecule has 176 valence electrons. The van der Waals surface area contributed by atoms with Crippen LogP contribution >= 0.6 is 0 Å². The van der Waals surface area contributed by atoms with Crippen molar-refractivity contribution in [1.82, 2.24) is 10.5 Å². The standard InChI is InChI=1S/C17H17FN2O2.C9H20O/c1-4-5-15-11(3)13(17(21)20-22)9-16(19-15)12-7-6-10(2)14(18)8-12;1-3-5-9(6-4-2)7-8-10/h4-9,22H,1-3H3,(H,20,21);9-10H,3-8H2,1-2H3/b5-4-;. The lowest BCUT2D eigenvalue weighted by atomic mass is 9.95. The maximum atomic E-state index is 13.8. The number of aryl methyl sites for hydroxylation is 1. The van der Waals surface area contributed by atoms with E-state index in [2.05, 4.69) is 18.8 Å². The predicted molar refractivity (Wildman–Crippen MR) is 128 cm³/mol. The second-order valence-corrected chi connectivity index (χ2v) is 7.93. The Morgan fingerprint density at radius 3 is 2.31 bits per heavy atom. The highest BCUT2D eigenvalue weighted by Gasteiger charge is 2.15. The van der Waals surface area contributed by atoms with Crippen molar-refractivity contribution in [3.63, 3.8) is 0 Å². The van der Waals surface area contributed by atoms with Crippen molar-refractivity contribution in [2.45, 2.75) is 66.7 Å². The molecule has 0 saturated heterocycles. The number of nitrogens with one attached hydrogen (secondary N) is 1. The quantitative estimate of drug-likeness (QED) is 0.316. The van der Waals surface area contributed by atoms with Crippen LogP contribution < -0.4 is 5.48 Å². The summed E-state index contributed by atoms with van der Waals surface area (Å²) in [7, 11) is 0. The zero-order valence-electron chi connectivity index (χ0n) is 19.9. The Labute approximate surface area is 191 Å². The molecule has 2 rings (SSSR count). The van der Waals surface area contributed by atoms with Gasteiger partial charge in [0, 0.05) is 17.7 Å². The lowest BCUT2D eigenvalue weighted by molar-refractivity contribution is 0.0705. The van der Waals surface area contributed by atoms with Gasteiger partial charge in [-0.3, -0.25) is 10.0 Å². The molecular formula is C26H37FN2O3. The monoisotopic (exact) mass is 444 g/mol. The highest BCUT2D eigenvalue weighted by Crippen LogP contribution is 2.25. The lowest BCUT2D eigenvalue weighted by Gasteiger charge is -2.12. The van der Waals surface area contributed by atoms with E-state index in [0.29, 0.717) is 40.2 Å². The Morgan fingerprint density at radius 1 is 1.16 bits per heavy atom. The van der Waals surface area contributed by atoms with E-state index in [-0.39, 0.29) is 5.82 Å². The molecular weight excluding hydrogens is 407 g/mol. The summed E-state index contributed by atoms with van der Waals surface area (Å²) in [5.74, 6) is -0.180. The van der Waals surface area contributed by atoms with Gasteiger partial charge >= 0.3 is 0 Å². The van der Waals surface area contributed by atoms with Gasteiger partial charge in [-0.05, 0) is 62.4 Å². The molecule has 1 aromatic carbocycles. The molecule has 0 atom stereocenters. The fourth-order valence-electron chi connectivity index (χ4n) is 3.58. The van der Waals surface area contributed by atoms with E-state index in [1.807, 2.05) is 6.92 Å². The van der Waals surface area contributed by atoms with Gasteiger partial charge in [0.25, 0.3) is 5.91 Å². The number of hydrogen-bond acceptors (Lipinski definition) is 4. The highest BCUT2D eigenvalue weighted by atomic mass is 19.1. The number of amides is 1. The van der Waals surface area contributed by atoms with Crippen LogP contribution in [-0.4, -0.2) is 27.8 Å². The molecule has 6 heteroatoms. The van der Waals surface area contributed by atoms with Gasteiger partial charge in [-0.15, -0.1) is 0 Å². The predicted octanol–water partition coefficient (Wildman–Crippen LogP) is 6.24. The molecule has 0 fully saturated rings. The zero-order valence-corrected chi connectivity index (χ0v) is 19.9. The van der Waals surface area contributed by atoms with E-state index in [0.717, 1.165) is 12.3 Å². The Morgan fingerprint density at radius 2 is 1.81 bits per heavy atom. The zero-order chi connectivity index (χ0) is 24.1. The second kappa shape index (κ2) is 14.5. The van der Waals surface area contributed by atoms with E-state index in [9.17, 15) is 9.18 Å². The molecule has 0 aliphatic rings. The van der Waals surface area contributed by atoms with Crippen molar-refractivity contribution >= 4 is 12.0 Å². The van der Waals surface area contributed by atoms with Crippen LogP contribution in [0, 0.1) is 25.6 Å². The van der Waals surface area contributed by atoms with Crippen molar-refractivity contribution in [2.75, 3.05) is 6.61 Å². The summed E-state index contributed by atoms with van der Waals surface area (Å²) >= 11 is 0. The van der Waals surface area contributed by atoms with Crippen LogP contribution in [0.3, 0.4) is 0 Å². The van der Waals surface area contributed by atoms with Gasteiger partial charge in [-0.25, -0.2) is 14.9 Å². The molecule has 0 radical (unpaired) electrons. The minimum absolute atomic E-state index is 0.293. The number of hydrogen-bond donors (Lipinski definition) is 3. The van der Waals surface area contributed by atoms with Crippen molar-refractivity contribution in [2.24, 2.45) is 5.92 Å². The van der Waals surface area contributed by atoms with Crippen LogP contribution in [0.5, 0.6) is 0 Å². The number of carbonyl (C=O) groups excluding carboxylic acids is 1. The summed E-state index contributed by atoms with van der Waals surface area (Å²) in [6, 6.07) is 6.33. The number of halogens is 1. The molecule has 1 heterocycles. The molecule has 1 amide bonds. The number of nitrogens with zero attached hydrogens (tertiary/aromatic N) is 1. The first-order valence-electron chi connectivity index (χ1n) is 11.3. The summed E-state index contributed by atoms with van der Waals surface area (Å²) in [4.78, 5) is 16.3. The fourth-order valence-corrected chi connectivity index (χ4v) is 3.58. The number of allylic oxidation sites excluding steroid dienone is 1. The van der Waals surface area contributed by atoms with Crippen molar-refractivity contribution in [1.29, 1.82) is 0 Å². The van der Waals surface area contributed by atoms with Crippen molar-refractivity contribution in [3.8, 4) is 11.3 Å². The normalized spacial score (nSPS) is 10.9. The number of aliphatic hydroxyl groups is 1. The van der Waals surface area contributed by atoms with Crippen LogP contribution in [-0.2, 0) is 0 Å². The number of aliphatic hydroxyl groups excluding tert-OH is 1. The summed E-state index contributed by atoms with van der Waals surface area (Å²) in [5.41, 5.74) is 4.73. The SMILES string of the molecule is C/C=C\c1nc(-c2ccc(C)c(F)c2)cc(C(=O)NO)c1C.CCCC(CCC)CCO. The maximum absolute atomic E-state index is 13.8. The van der Waals surface area contributed by atoms with Gasteiger partial charge < -0.3 is 5.11 Å². The number of aromatic nitrogens is 1. The van der Waals surface area contributed by atoms with Gasteiger partial charge in [0.15, 0.2) is 0 Å². The number of benzene rings is 1. The van der Waals surface area contributed by atoms with Gasteiger partial charge in [0.1, 0.15) is 5.82 Å². The highest BCUT2D eigenvalue weighted by molar-refractivity contribution is 5.96. The first-order valence-corrected chi connectivity index (χ1v) is 11.3. The van der Waals surface area contributed by atoms with Crippen molar-refractivity contribution in [3.05, 3.63) is 58.5 Å². The maximum Gasteiger partial charge on any atom is 0.275 e. The first-order chi connectivity index (χ1) is 15.3. The van der Waals surface area contributed by atoms with E-state index in [1.54, 1.807) is 43.6 Å². The molecule has 32 heavy (non-hydrogen) atoms. The Hall–Kier alpha value is -2.57. The molecule has 1 aromatic heterocycles. The average Bonchev–Trinajstić information content (AvgIpc) is 2.77. The minimum Gasteiger partial charge on any atom is -0.396 e. The van der Waals surface area contributed by atoms with Crippen LogP contribution in [0.1, 0.15) is 80.1 Å².